The van der Waals surface area contributed by atoms with E-state index in [4.69, 9.17) is 4.74 Å². The van der Waals surface area contributed by atoms with Crippen LogP contribution in [-0.4, -0.2) is 41.9 Å². The number of ether oxygens (including phenoxy) is 1. The van der Waals surface area contributed by atoms with Gasteiger partial charge in [-0.2, -0.15) is 0 Å². The number of morpholine rings is 1. The maximum atomic E-state index is 11.8. The lowest BCUT2D eigenvalue weighted by atomic mass is 10.2. The summed E-state index contributed by atoms with van der Waals surface area (Å²) in [6.07, 6.45) is 0.440. The molecule has 1 saturated heterocycles. The number of aromatic nitrogens is 2. The summed E-state index contributed by atoms with van der Waals surface area (Å²) in [4.78, 5) is 11.8. The number of amides is 1. The molecule has 1 aromatic heterocycles. The third-order valence-corrected chi connectivity index (χ3v) is 4.07. The van der Waals surface area contributed by atoms with Crippen LogP contribution in [0.4, 0.5) is 0 Å². The van der Waals surface area contributed by atoms with Crippen LogP contribution >= 0.6 is 23.7 Å². The fourth-order valence-corrected chi connectivity index (χ4v) is 2.58. The van der Waals surface area contributed by atoms with Crippen molar-refractivity contribution in [2.75, 3.05) is 19.8 Å². The Morgan fingerprint density at radius 1 is 1.55 bits per heavy atom. The number of rotatable bonds is 5. The molecule has 1 aliphatic rings. The first-order valence-electron chi connectivity index (χ1n) is 6.55. The molecule has 0 saturated carbocycles. The number of halogens is 1. The Morgan fingerprint density at radius 3 is 2.95 bits per heavy atom. The van der Waals surface area contributed by atoms with Crippen molar-refractivity contribution in [1.29, 1.82) is 0 Å². The second kappa shape index (κ2) is 8.51. The molecular formula is C12H21ClN4O2S. The lowest BCUT2D eigenvalue weighted by Crippen LogP contribution is -2.44. The van der Waals surface area contributed by atoms with Gasteiger partial charge in [-0.3, -0.25) is 4.79 Å². The number of hydrogen-bond acceptors (Lipinski definition) is 6. The fourth-order valence-electron chi connectivity index (χ4n) is 1.79. The van der Waals surface area contributed by atoms with Crippen LogP contribution in [0.3, 0.4) is 0 Å². The van der Waals surface area contributed by atoms with E-state index >= 15 is 0 Å². The van der Waals surface area contributed by atoms with Crippen molar-refractivity contribution in [2.24, 2.45) is 0 Å². The van der Waals surface area contributed by atoms with Crippen molar-refractivity contribution < 1.29 is 9.53 Å². The Morgan fingerprint density at radius 2 is 2.35 bits per heavy atom. The first-order chi connectivity index (χ1) is 9.15. The topological polar surface area (TPSA) is 76.1 Å². The van der Waals surface area contributed by atoms with Gasteiger partial charge in [-0.1, -0.05) is 25.2 Å². The molecule has 2 N–H and O–H groups in total. The summed E-state index contributed by atoms with van der Waals surface area (Å²) in [5, 5.41) is 16.1. The number of nitrogens with one attached hydrogen (secondary N) is 2. The lowest BCUT2D eigenvalue weighted by molar-refractivity contribution is -0.122. The Kier molecular flexibility index (Phi) is 7.36. The minimum Gasteiger partial charge on any atom is -0.378 e. The minimum absolute atomic E-state index is 0. The highest BCUT2D eigenvalue weighted by atomic mass is 35.5. The van der Waals surface area contributed by atoms with Crippen LogP contribution in [0.25, 0.3) is 0 Å². The molecule has 0 aromatic carbocycles. The summed E-state index contributed by atoms with van der Waals surface area (Å²) in [6.45, 7) is 6.75. The Labute approximate surface area is 129 Å². The molecule has 1 unspecified atom stereocenters. The molecule has 8 heteroatoms. The van der Waals surface area contributed by atoms with Crippen molar-refractivity contribution in [3.8, 4) is 0 Å². The zero-order valence-electron chi connectivity index (χ0n) is 11.7. The maximum absolute atomic E-state index is 11.8. The van der Waals surface area contributed by atoms with Gasteiger partial charge in [0.25, 0.3) is 0 Å². The minimum atomic E-state index is 0. The van der Waals surface area contributed by atoms with E-state index in [1.54, 1.807) is 11.3 Å². The molecule has 2 rings (SSSR count). The van der Waals surface area contributed by atoms with Crippen LogP contribution in [0.2, 0.25) is 0 Å². The monoisotopic (exact) mass is 320 g/mol. The van der Waals surface area contributed by atoms with Crippen LogP contribution in [0.1, 0.15) is 36.2 Å². The normalized spacial score (nSPS) is 18.6. The molecule has 20 heavy (non-hydrogen) atoms. The fraction of sp³-hybridized carbons (Fsp3) is 0.750. The van der Waals surface area contributed by atoms with Gasteiger partial charge in [0.2, 0.25) is 5.91 Å². The standard InChI is InChI=1S/C12H20N4O2S.ClH/c1-8(2)12-16-15-11(19-12)6-14-10(17)5-9-7-18-4-3-13-9;/h8-9,13H,3-7H2,1-2H3,(H,14,17);1H. The number of carbonyl (C=O) groups excluding carboxylic acids is 1. The highest BCUT2D eigenvalue weighted by molar-refractivity contribution is 7.11. The Balaban J connectivity index is 0.00000200. The predicted octanol–water partition coefficient (Wildman–Crippen LogP) is 1.08. The summed E-state index contributed by atoms with van der Waals surface area (Å²) < 4.78 is 5.31. The van der Waals surface area contributed by atoms with Crippen LogP contribution in [0.5, 0.6) is 0 Å². The molecule has 1 aliphatic heterocycles. The zero-order chi connectivity index (χ0) is 13.7. The average molecular weight is 321 g/mol. The van der Waals surface area contributed by atoms with Crippen molar-refractivity contribution >= 4 is 29.7 Å². The molecule has 1 fully saturated rings. The van der Waals surface area contributed by atoms with Gasteiger partial charge in [0.1, 0.15) is 10.0 Å². The van der Waals surface area contributed by atoms with E-state index in [1.165, 1.54) is 0 Å². The highest BCUT2D eigenvalue weighted by Crippen LogP contribution is 2.18. The van der Waals surface area contributed by atoms with Gasteiger partial charge in [-0.15, -0.1) is 22.6 Å². The molecule has 6 nitrogen and oxygen atoms in total. The molecular weight excluding hydrogens is 300 g/mol. The molecule has 1 aromatic rings. The van der Waals surface area contributed by atoms with Crippen molar-refractivity contribution in [3.05, 3.63) is 10.0 Å². The van der Waals surface area contributed by atoms with E-state index in [-0.39, 0.29) is 24.4 Å². The highest BCUT2D eigenvalue weighted by Gasteiger charge is 2.17. The Hall–Kier alpha value is -0.760. The third kappa shape index (κ3) is 5.32. The number of hydrogen-bond donors (Lipinski definition) is 2. The molecule has 0 spiro atoms. The van der Waals surface area contributed by atoms with Crippen molar-refractivity contribution in [3.63, 3.8) is 0 Å². The molecule has 0 radical (unpaired) electrons. The van der Waals surface area contributed by atoms with E-state index < -0.39 is 0 Å². The van der Waals surface area contributed by atoms with Crippen LogP contribution < -0.4 is 10.6 Å². The molecule has 0 bridgehead atoms. The van der Waals surface area contributed by atoms with Crippen LogP contribution in [-0.2, 0) is 16.1 Å². The van der Waals surface area contributed by atoms with Gasteiger partial charge in [-0.05, 0) is 0 Å². The van der Waals surface area contributed by atoms with E-state index in [2.05, 4.69) is 34.7 Å². The number of nitrogens with zero attached hydrogens (tertiary/aromatic N) is 2. The van der Waals surface area contributed by atoms with E-state index in [0.717, 1.165) is 23.2 Å². The van der Waals surface area contributed by atoms with E-state index in [1.807, 2.05) is 0 Å². The molecule has 1 atom stereocenters. The second-order valence-corrected chi connectivity index (χ2v) is 5.99. The summed E-state index contributed by atoms with van der Waals surface area (Å²) in [7, 11) is 0. The van der Waals surface area contributed by atoms with E-state index in [0.29, 0.717) is 25.5 Å². The lowest BCUT2D eigenvalue weighted by Gasteiger charge is -2.23. The van der Waals surface area contributed by atoms with Gasteiger partial charge in [0, 0.05) is 24.9 Å². The summed E-state index contributed by atoms with van der Waals surface area (Å²) in [5.41, 5.74) is 0. The quantitative estimate of drug-likeness (QED) is 0.849. The van der Waals surface area contributed by atoms with Gasteiger partial charge in [-0.25, -0.2) is 0 Å². The predicted molar refractivity (Wildman–Crippen MR) is 80.3 cm³/mol. The zero-order valence-corrected chi connectivity index (χ0v) is 13.4. The summed E-state index contributed by atoms with van der Waals surface area (Å²) >= 11 is 1.55. The maximum Gasteiger partial charge on any atom is 0.222 e. The van der Waals surface area contributed by atoms with Gasteiger partial charge in [0.15, 0.2) is 0 Å². The van der Waals surface area contributed by atoms with Gasteiger partial charge >= 0.3 is 0 Å². The second-order valence-electron chi connectivity index (χ2n) is 4.90. The largest absolute Gasteiger partial charge is 0.378 e. The molecule has 0 aliphatic carbocycles. The third-order valence-electron chi connectivity index (χ3n) is 2.84. The van der Waals surface area contributed by atoms with Crippen LogP contribution in [0, 0.1) is 0 Å². The first kappa shape index (κ1) is 17.3. The van der Waals surface area contributed by atoms with Crippen molar-refractivity contribution in [1.82, 2.24) is 20.8 Å². The smallest absolute Gasteiger partial charge is 0.222 e. The Bertz CT molecular complexity index is 421. The van der Waals surface area contributed by atoms with E-state index in [9.17, 15) is 4.79 Å². The van der Waals surface area contributed by atoms with Crippen molar-refractivity contribution in [2.45, 2.75) is 38.8 Å². The molecule has 2 heterocycles. The SMILES string of the molecule is CC(C)c1nnc(CNC(=O)CC2COCCN2)s1.Cl. The average Bonchev–Trinajstić information content (AvgIpc) is 2.86. The van der Waals surface area contributed by atoms with Gasteiger partial charge < -0.3 is 15.4 Å². The first-order valence-corrected chi connectivity index (χ1v) is 7.37. The molecule has 114 valence electrons. The van der Waals surface area contributed by atoms with Crippen LogP contribution in [0.15, 0.2) is 0 Å². The number of carbonyl (C=O) groups is 1. The summed E-state index contributed by atoms with van der Waals surface area (Å²) in [6, 6.07) is 0.120. The molecule has 1 amide bonds. The van der Waals surface area contributed by atoms with Gasteiger partial charge in [0.05, 0.1) is 19.8 Å². The summed E-state index contributed by atoms with van der Waals surface area (Å²) in [5.74, 6) is 0.398.